The number of hydrogen-bond donors (Lipinski definition) is 1. The average molecular weight is 387 g/mol. The van der Waals surface area contributed by atoms with E-state index in [9.17, 15) is 9.59 Å². The number of benzene rings is 2. The highest BCUT2D eigenvalue weighted by molar-refractivity contribution is 6.16. The molecule has 0 spiro atoms. The summed E-state index contributed by atoms with van der Waals surface area (Å²) < 4.78 is 6.59. The van der Waals surface area contributed by atoms with E-state index in [1.807, 2.05) is 54.6 Å². The smallest absolute Gasteiger partial charge is 0.357 e. The average Bonchev–Trinajstić information content (AvgIpc) is 3.37. The van der Waals surface area contributed by atoms with Crippen molar-refractivity contribution in [3.63, 3.8) is 0 Å². The Labute approximate surface area is 165 Å². The van der Waals surface area contributed by atoms with Gasteiger partial charge < -0.3 is 9.72 Å². The number of tetrazole rings is 1. The topological polar surface area (TPSA) is 103 Å². The zero-order chi connectivity index (χ0) is 20.2. The molecule has 1 N–H and O–H groups in total. The molecular formula is C21H17N5O3. The molecule has 0 aliphatic heterocycles. The van der Waals surface area contributed by atoms with Crippen LogP contribution in [-0.2, 0) is 9.53 Å². The number of Topliss-reactive ketones (excluding diaryl/α,β-unsaturated/α-hetero) is 1. The van der Waals surface area contributed by atoms with Crippen molar-refractivity contribution >= 4 is 34.4 Å². The zero-order valence-corrected chi connectivity index (χ0v) is 15.6. The highest BCUT2D eigenvalue weighted by Gasteiger charge is 2.20. The molecule has 0 bridgehead atoms. The highest BCUT2D eigenvalue weighted by atomic mass is 16.5. The lowest BCUT2D eigenvalue weighted by Crippen LogP contribution is -2.19. The first-order valence-electron chi connectivity index (χ1n) is 8.92. The van der Waals surface area contributed by atoms with Gasteiger partial charge in [0.2, 0.25) is 5.78 Å². The second kappa shape index (κ2) is 7.89. The minimum atomic E-state index is -0.697. The fraction of sp³-hybridized carbons (Fsp3) is 0.0952. The van der Waals surface area contributed by atoms with E-state index in [2.05, 4.69) is 20.5 Å². The number of ether oxygens (including phenoxy) is 1. The quantitative estimate of drug-likeness (QED) is 0.310. The molecule has 0 unspecified atom stereocenters. The van der Waals surface area contributed by atoms with Crippen molar-refractivity contribution in [1.82, 2.24) is 25.2 Å². The fourth-order valence-corrected chi connectivity index (χ4v) is 2.95. The summed E-state index contributed by atoms with van der Waals surface area (Å²) >= 11 is 0. The van der Waals surface area contributed by atoms with E-state index in [4.69, 9.17) is 4.74 Å². The third-order valence-corrected chi connectivity index (χ3v) is 4.39. The van der Waals surface area contributed by atoms with Gasteiger partial charge in [-0.2, -0.15) is 4.68 Å². The van der Waals surface area contributed by atoms with Crippen molar-refractivity contribution in [2.24, 2.45) is 0 Å². The van der Waals surface area contributed by atoms with Crippen molar-refractivity contribution < 1.29 is 14.3 Å². The number of carbonyl (C=O) groups is 2. The number of esters is 1. The molecule has 0 aliphatic rings. The van der Waals surface area contributed by atoms with Crippen LogP contribution in [0.1, 0.15) is 21.7 Å². The van der Waals surface area contributed by atoms with Gasteiger partial charge in [-0.25, -0.2) is 4.79 Å². The summed E-state index contributed by atoms with van der Waals surface area (Å²) in [6, 6.07) is 16.7. The number of aromatic amines is 1. The number of H-pyrrole nitrogens is 1. The largest absolute Gasteiger partial charge is 0.453 e. The summed E-state index contributed by atoms with van der Waals surface area (Å²) in [5.41, 5.74) is 2.21. The summed E-state index contributed by atoms with van der Waals surface area (Å²) in [6.45, 7) is 1.27. The van der Waals surface area contributed by atoms with Crippen molar-refractivity contribution in [3.8, 4) is 0 Å². The predicted octanol–water partition coefficient (Wildman–Crippen LogP) is 2.89. The van der Waals surface area contributed by atoms with Crippen molar-refractivity contribution in [2.75, 3.05) is 6.61 Å². The monoisotopic (exact) mass is 387 g/mol. The summed E-state index contributed by atoms with van der Waals surface area (Å²) in [6.07, 6.45) is 3.23. The van der Waals surface area contributed by atoms with E-state index in [0.717, 1.165) is 16.5 Å². The van der Waals surface area contributed by atoms with Crippen LogP contribution in [0, 0.1) is 6.92 Å². The molecule has 4 aromatic rings. The molecule has 0 saturated carbocycles. The van der Waals surface area contributed by atoms with Gasteiger partial charge in [0.1, 0.15) is 0 Å². The third kappa shape index (κ3) is 3.81. The van der Waals surface area contributed by atoms with Crippen molar-refractivity contribution in [1.29, 1.82) is 0 Å². The van der Waals surface area contributed by atoms with Gasteiger partial charge >= 0.3 is 5.97 Å². The molecule has 0 aliphatic carbocycles. The van der Waals surface area contributed by atoms with Gasteiger partial charge in [-0.05, 0) is 35.1 Å². The minimum absolute atomic E-state index is 0.116. The number of nitrogens with one attached hydrogen (secondary N) is 1. The molecule has 0 fully saturated rings. The second-order valence-corrected chi connectivity index (χ2v) is 6.33. The van der Waals surface area contributed by atoms with E-state index < -0.39 is 12.6 Å². The van der Waals surface area contributed by atoms with Gasteiger partial charge in [-0.15, -0.1) is 5.10 Å². The van der Waals surface area contributed by atoms with Gasteiger partial charge in [0, 0.05) is 22.7 Å². The Kier molecular flexibility index (Phi) is 4.98. The Morgan fingerprint density at radius 1 is 1.10 bits per heavy atom. The first-order valence-corrected chi connectivity index (χ1v) is 8.92. The number of hydrogen-bond acceptors (Lipinski definition) is 6. The Morgan fingerprint density at radius 2 is 1.86 bits per heavy atom. The number of para-hydroxylation sites is 1. The number of aromatic nitrogens is 5. The summed E-state index contributed by atoms with van der Waals surface area (Å²) in [5.74, 6) is -0.576. The van der Waals surface area contributed by atoms with Gasteiger partial charge in [-0.1, -0.05) is 48.5 Å². The molecule has 8 nitrogen and oxygen atoms in total. The molecule has 144 valence electrons. The van der Waals surface area contributed by atoms with Gasteiger partial charge in [0.15, 0.2) is 18.1 Å². The Morgan fingerprint density at radius 3 is 2.62 bits per heavy atom. The van der Waals surface area contributed by atoms with E-state index in [1.165, 1.54) is 4.68 Å². The number of fused-ring (bicyclic) bond motifs is 1. The van der Waals surface area contributed by atoms with Crippen LogP contribution >= 0.6 is 0 Å². The summed E-state index contributed by atoms with van der Waals surface area (Å²) in [5, 5.41) is 12.0. The van der Waals surface area contributed by atoms with E-state index in [0.29, 0.717) is 11.4 Å². The zero-order valence-electron chi connectivity index (χ0n) is 15.6. The van der Waals surface area contributed by atoms with Crippen molar-refractivity contribution in [2.45, 2.75) is 6.92 Å². The summed E-state index contributed by atoms with van der Waals surface area (Å²) in [4.78, 5) is 28.4. The van der Waals surface area contributed by atoms with Gasteiger partial charge in [-0.3, -0.25) is 4.79 Å². The Balaban J connectivity index is 1.56. The lowest BCUT2D eigenvalue weighted by Gasteiger charge is -2.08. The SMILES string of the molecule is Cc1nnnn1C(=Cc1ccccc1)C(=O)OCC(=O)c1c[nH]c2ccccc12. The molecule has 0 saturated heterocycles. The predicted molar refractivity (Wildman–Crippen MR) is 107 cm³/mol. The van der Waals surface area contributed by atoms with Crippen LogP contribution in [-0.4, -0.2) is 43.6 Å². The van der Waals surface area contributed by atoms with Crippen LogP contribution < -0.4 is 0 Å². The number of carbonyl (C=O) groups excluding carboxylic acids is 2. The molecule has 8 heteroatoms. The third-order valence-electron chi connectivity index (χ3n) is 4.39. The van der Waals surface area contributed by atoms with Crippen LogP contribution in [0.5, 0.6) is 0 Å². The van der Waals surface area contributed by atoms with Crippen LogP contribution in [0.3, 0.4) is 0 Å². The molecule has 2 aromatic heterocycles. The molecule has 29 heavy (non-hydrogen) atoms. The van der Waals surface area contributed by atoms with E-state index in [1.54, 1.807) is 19.2 Å². The van der Waals surface area contributed by atoms with Gasteiger partial charge in [0.05, 0.1) is 0 Å². The van der Waals surface area contributed by atoms with Gasteiger partial charge in [0.25, 0.3) is 0 Å². The molecule has 0 radical (unpaired) electrons. The lowest BCUT2D eigenvalue weighted by molar-refractivity contribution is -0.136. The van der Waals surface area contributed by atoms with Crippen LogP contribution in [0.25, 0.3) is 22.7 Å². The Hall–Kier alpha value is -4.07. The number of ketones is 1. The first-order chi connectivity index (χ1) is 14.1. The maximum absolute atomic E-state index is 12.8. The van der Waals surface area contributed by atoms with Crippen LogP contribution in [0.2, 0.25) is 0 Å². The maximum Gasteiger partial charge on any atom is 0.357 e. The van der Waals surface area contributed by atoms with E-state index >= 15 is 0 Å². The molecule has 0 atom stereocenters. The normalized spacial score (nSPS) is 11.6. The molecule has 0 amide bonds. The number of nitrogens with zero attached hydrogens (tertiary/aromatic N) is 4. The number of aryl methyl sites for hydroxylation is 1. The van der Waals surface area contributed by atoms with Crippen molar-refractivity contribution in [3.05, 3.63) is 77.7 Å². The van der Waals surface area contributed by atoms with Crippen LogP contribution in [0.4, 0.5) is 0 Å². The Bertz CT molecular complexity index is 1210. The summed E-state index contributed by atoms with van der Waals surface area (Å²) in [7, 11) is 0. The molecule has 2 aromatic carbocycles. The van der Waals surface area contributed by atoms with Crippen LogP contribution in [0.15, 0.2) is 60.8 Å². The molecule has 4 rings (SSSR count). The molecule has 2 heterocycles. The standard InChI is InChI=1S/C21H17N5O3/c1-14-23-24-25-26(14)19(11-15-7-3-2-4-8-15)21(28)29-13-20(27)17-12-22-18-10-6-5-9-16(17)18/h2-12,22H,13H2,1H3. The van der Waals surface area contributed by atoms with E-state index in [-0.39, 0.29) is 11.5 Å². The second-order valence-electron chi connectivity index (χ2n) is 6.33. The fourth-order valence-electron chi connectivity index (χ4n) is 2.95. The minimum Gasteiger partial charge on any atom is -0.453 e. The number of rotatable bonds is 6. The highest BCUT2D eigenvalue weighted by Crippen LogP contribution is 2.19. The maximum atomic E-state index is 12.8. The lowest BCUT2D eigenvalue weighted by atomic mass is 10.1. The molecular weight excluding hydrogens is 370 g/mol. The first kappa shape index (κ1) is 18.3.